The van der Waals surface area contributed by atoms with Crippen LogP contribution in [0.3, 0.4) is 0 Å². The highest BCUT2D eigenvalue weighted by Crippen LogP contribution is 2.16. The van der Waals surface area contributed by atoms with Gasteiger partial charge in [0, 0.05) is 17.9 Å². The summed E-state index contributed by atoms with van der Waals surface area (Å²) >= 11 is 0. The fourth-order valence-corrected chi connectivity index (χ4v) is 1.79. The lowest BCUT2D eigenvalue weighted by Gasteiger charge is -2.09. The first-order chi connectivity index (χ1) is 10.2. The Morgan fingerprint density at radius 2 is 1.57 bits per heavy atom. The average Bonchev–Trinajstić information content (AvgIpc) is 2.54. The Balaban J connectivity index is 1.89. The fraction of sp³-hybridized carbons (Fsp3) is 0.188. The summed E-state index contributed by atoms with van der Waals surface area (Å²) < 4.78 is 9.65. The molecule has 0 aliphatic rings. The molecule has 2 N–H and O–H groups in total. The molecule has 0 radical (unpaired) electrons. The van der Waals surface area contributed by atoms with E-state index in [0.717, 1.165) is 17.0 Å². The minimum absolute atomic E-state index is 0.478. The van der Waals surface area contributed by atoms with Crippen LogP contribution < -0.4 is 15.4 Å². The first kappa shape index (κ1) is 14.7. The monoisotopic (exact) mass is 286 g/mol. The zero-order chi connectivity index (χ0) is 15.1. The van der Waals surface area contributed by atoms with Gasteiger partial charge in [0.05, 0.1) is 14.2 Å². The molecule has 0 saturated heterocycles. The molecule has 0 aliphatic carbocycles. The van der Waals surface area contributed by atoms with Crippen LogP contribution in [-0.2, 0) is 11.3 Å². The molecule has 110 valence electrons. The van der Waals surface area contributed by atoms with Crippen LogP contribution in [0.2, 0.25) is 0 Å². The van der Waals surface area contributed by atoms with Crippen molar-refractivity contribution in [3.05, 3.63) is 54.1 Å². The Kier molecular flexibility index (Phi) is 5.04. The van der Waals surface area contributed by atoms with Gasteiger partial charge < -0.3 is 14.8 Å². The largest absolute Gasteiger partial charge is 0.497 e. The molecule has 2 rings (SSSR count). The molecule has 0 saturated carbocycles. The molecule has 0 fully saturated rings. The number of rotatable bonds is 5. The quantitative estimate of drug-likeness (QED) is 0.883. The molecule has 0 heterocycles. The van der Waals surface area contributed by atoms with Crippen LogP contribution in [0.25, 0.3) is 0 Å². The van der Waals surface area contributed by atoms with Crippen LogP contribution in [0.4, 0.5) is 16.2 Å². The van der Waals surface area contributed by atoms with Gasteiger partial charge in [-0.05, 0) is 42.0 Å². The minimum Gasteiger partial charge on any atom is -0.497 e. The van der Waals surface area contributed by atoms with Gasteiger partial charge in [0.25, 0.3) is 0 Å². The molecule has 0 spiro atoms. The van der Waals surface area contributed by atoms with Gasteiger partial charge in [0.2, 0.25) is 0 Å². The summed E-state index contributed by atoms with van der Waals surface area (Å²) in [6, 6.07) is 15.3. The molecule has 5 nitrogen and oxygen atoms in total. The molecule has 1 amide bonds. The van der Waals surface area contributed by atoms with E-state index in [-0.39, 0.29) is 0 Å². The van der Waals surface area contributed by atoms with Crippen molar-refractivity contribution in [2.24, 2.45) is 0 Å². The number of hydrogen-bond acceptors (Lipinski definition) is 4. The number of benzene rings is 2. The van der Waals surface area contributed by atoms with Crippen LogP contribution in [0.15, 0.2) is 48.5 Å². The van der Waals surface area contributed by atoms with E-state index in [4.69, 9.17) is 4.74 Å². The number of anilines is 2. The third-order valence-electron chi connectivity index (χ3n) is 2.97. The molecular formula is C16H18N2O3. The Morgan fingerprint density at radius 1 is 0.952 bits per heavy atom. The van der Waals surface area contributed by atoms with E-state index in [2.05, 4.69) is 15.4 Å². The van der Waals surface area contributed by atoms with Gasteiger partial charge in [-0.25, -0.2) is 4.79 Å². The van der Waals surface area contributed by atoms with Gasteiger partial charge in [0.1, 0.15) is 5.75 Å². The third-order valence-corrected chi connectivity index (χ3v) is 2.97. The lowest BCUT2D eigenvalue weighted by atomic mass is 10.2. The molecule has 2 aromatic rings. The summed E-state index contributed by atoms with van der Waals surface area (Å²) in [5.74, 6) is 0.844. The van der Waals surface area contributed by atoms with Gasteiger partial charge in [-0.2, -0.15) is 0 Å². The average molecular weight is 286 g/mol. The van der Waals surface area contributed by atoms with E-state index in [9.17, 15) is 4.79 Å². The van der Waals surface area contributed by atoms with Crippen LogP contribution in [-0.4, -0.2) is 20.3 Å². The van der Waals surface area contributed by atoms with Crippen molar-refractivity contribution in [1.82, 2.24) is 0 Å². The Labute approximate surface area is 123 Å². The molecule has 2 aromatic carbocycles. The number of ether oxygens (including phenoxy) is 2. The first-order valence-corrected chi connectivity index (χ1v) is 6.53. The third kappa shape index (κ3) is 4.42. The molecule has 5 heteroatoms. The van der Waals surface area contributed by atoms with E-state index >= 15 is 0 Å². The van der Waals surface area contributed by atoms with Gasteiger partial charge in [-0.1, -0.05) is 12.1 Å². The minimum atomic E-state index is -0.478. The van der Waals surface area contributed by atoms with E-state index in [1.165, 1.54) is 7.11 Å². The van der Waals surface area contributed by atoms with Crippen molar-refractivity contribution >= 4 is 17.5 Å². The number of carbonyl (C=O) groups is 1. The second-order valence-electron chi connectivity index (χ2n) is 4.40. The lowest BCUT2D eigenvalue weighted by molar-refractivity contribution is 0.187. The van der Waals surface area contributed by atoms with E-state index in [0.29, 0.717) is 12.2 Å². The van der Waals surface area contributed by atoms with Gasteiger partial charge in [-0.15, -0.1) is 0 Å². The van der Waals surface area contributed by atoms with E-state index < -0.39 is 6.09 Å². The normalized spacial score (nSPS) is 9.81. The second kappa shape index (κ2) is 7.19. The Morgan fingerprint density at radius 3 is 2.14 bits per heavy atom. The van der Waals surface area contributed by atoms with Crippen molar-refractivity contribution in [3.8, 4) is 5.75 Å². The maximum atomic E-state index is 11.1. The van der Waals surface area contributed by atoms with Crippen molar-refractivity contribution in [1.29, 1.82) is 0 Å². The van der Waals surface area contributed by atoms with Crippen molar-refractivity contribution < 1.29 is 14.3 Å². The second-order valence-corrected chi connectivity index (χ2v) is 4.40. The molecule has 0 aliphatic heterocycles. The van der Waals surface area contributed by atoms with Crippen molar-refractivity contribution in [2.75, 3.05) is 24.9 Å². The predicted molar refractivity (Wildman–Crippen MR) is 82.8 cm³/mol. The number of nitrogens with one attached hydrogen (secondary N) is 2. The zero-order valence-corrected chi connectivity index (χ0v) is 12.1. The topological polar surface area (TPSA) is 59.6 Å². The standard InChI is InChI=1S/C16H18N2O3/c1-20-15-9-3-12(4-10-15)11-17-13-5-7-14(8-6-13)18-16(19)21-2/h3-10,17H,11H2,1-2H3,(H,18,19). The van der Waals surface area contributed by atoms with E-state index in [1.807, 2.05) is 48.5 Å². The lowest BCUT2D eigenvalue weighted by Crippen LogP contribution is -2.10. The number of amides is 1. The smallest absolute Gasteiger partial charge is 0.411 e. The van der Waals surface area contributed by atoms with Crippen LogP contribution >= 0.6 is 0 Å². The van der Waals surface area contributed by atoms with Crippen LogP contribution in [0.1, 0.15) is 5.56 Å². The van der Waals surface area contributed by atoms with E-state index in [1.54, 1.807) is 7.11 Å². The molecule has 21 heavy (non-hydrogen) atoms. The van der Waals surface area contributed by atoms with Crippen LogP contribution in [0.5, 0.6) is 5.75 Å². The maximum Gasteiger partial charge on any atom is 0.411 e. The van der Waals surface area contributed by atoms with Gasteiger partial charge in [-0.3, -0.25) is 5.32 Å². The predicted octanol–water partition coefficient (Wildman–Crippen LogP) is 3.49. The SMILES string of the molecule is COC(=O)Nc1ccc(NCc2ccc(OC)cc2)cc1. The van der Waals surface area contributed by atoms with Crippen LogP contribution in [0, 0.1) is 0 Å². The highest BCUT2D eigenvalue weighted by Gasteiger charge is 2.00. The van der Waals surface area contributed by atoms with Gasteiger partial charge >= 0.3 is 6.09 Å². The van der Waals surface area contributed by atoms with Crippen molar-refractivity contribution in [3.63, 3.8) is 0 Å². The number of carbonyl (C=O) groups excluding carboxylic acids is 1. The highest BCUT2D eigenvalue weighted by molar-refractivity contribution is 5.84. The summed E-state index contributed by atoms with van der Waals surface area (Å²) in [4.78, 5) is 11.1. The fourth-order valence-electron chi connectivity index (χ4n) is 1.79. The molecule has 0 aromatic heterocycles. The highest BCUT2D eigenvalue weighted by atomic mass is 16.5. The summed E-state index contributed by atoms with van der Waals surface area (Å²) in [5, 5.41) is 5.91. The Hall–Kier alpha value is -2.69. The number of methoxy groups -OCH3 is 2. The van der Waals surface area contributed by atoms with Gasteiger partial charge in [0.15, 0.2) is 0 Å². The Bertz CT molecular complexity index is 579. The number of hydrogen-bond donors (Lipinski definition) is 2. The molecule has 0 atom stereocenters. The molecule has 0 unspecified atom stereocenters. The molecule has 0 bridgehead atoms. The maximum absolute atomic E-state index is 11.1. The summed E-state index contributed by atoms with van der Waals surface area (Å²) in [6.45, 7) is 0.716. The zero-order valence-electron chi connectivity index (χ0n) is 12.1. The summed E-state index contributed by atoms with van der Waals surface area (Å²) in [7, 11) is 2.98. The molecular weight excluding hydrogens is 268 g/mol. The summed E-state index contributed by atoms with van der Waals surface area (Å²) in [6.07, 6.45) is -0.478. The van der Waals surface area contributed by atoms with Crippen molar-refractivity contribution in [2.45, 2.75) is 6.54 Å². The summed E-state index contributed by atoms with van der Waals surface area (Å²) in [5.41, 5.74) is 2.82. The first-order valence-electron chi connectivity index (χ1n) is 6.53.